The van der Waals surface area contributed by atoms with Gasteiger partial charge in [-0.3, -0.25) is 4.57 Å². The number of benzene rings is 1. The fourth-order valence-corrected chi connectivity index (χ4v) is 1.79. The zero-order valence-corrected chi connectivity index (χ0v) is 9.92. The number of rotatable bonds is 2. The van der Waals surface area contributed by atoms with Crippen LogP contribution in [0.4, 0.5) is 4.79 Å². The van der Waals surface area contributed by atoms with Gasteiger partial charge < -0.3 is 5.32 Å². The van der Waals surface area contributed by atoms with Crippen LogP contribution in [0.2, 0.25) is 0 Å². The molecule has 0 aliphatic rings. The van der Waals surface area contributed by atoms with E-state index in [0.717, 1.165) is 5.56 Å². The lowest BCUT2D eigenvalue weighted by atomic mass is 10.0. The van der Waals surface area contributed by atoms with Crippen molar-refractivity contribution in [2.75, 3.05) is 0 Å². The first-order valence-electron chi connectivity index (χ1n) is 5.53. The Hall–Kier alpha value is -2.10. The van der Waals surface area contributed by atoms with Gasteiger partial charge in [-0.25, -0.2) is 9.78 Å². The van der Waals surface area contributed by atoms with Crippen LogP contribution in [0.25, 0.3) is 0 Å². The summed E-state index contributed by atoms with van der Waals surface area (Å²) in [4.78, 5) is 15.7. The second kappa shape index (κ2) is 4.82. The quantitative estimate of drug-likeness (QED) is 0.860. The summed E-state index contributed by atoms with van der Waals surface area (Å²) in [5.41, 5.74) is 2.30. The number of amides is 1. The van der Waals surface area contributed by atoms with E-state index in [1.165, 1.54) is 16.5 Å². The molecule has 0 radical (unpaired) electrons. The van der Waals surface area contributed by atoms with E-state index in [9.17, 15) is 4.79 Å². The summed E-state index contributed by atoms with van der Waals surface area (Å²) >= 11 is 0. The Morgan fingerprint density at radius 3 is 2.82 bits per heavy atom. The molecule has 1 N–H and O–H groups in total. The molecule has 2 rings (SSSR count). The van der Waals surface area contributed by atoms with Crippen LogP contribution in [-0.2, 0) is 0 Å². The molecular weight excluding hydrogens is 214 g/mol. The monoisotopic (exact) mass is 229 g/mol. The van der Waals surface area contributed by atoms with E-state index >= 15 is 0 Å². The lowest BCUT2D eigenvalue weighted by Gasteiger charge is -2.16. The second-order valence-corrected chi connectivity index (χ2v) is 4.00. The van der Waals surface area contributed by atoms with Crippen LogP contribution in [0.5, 0.6) is 0 Å². The van der Waals surface area contributed by atoms with Gasteiger partial charge in [0.05, 0.1) is 6.04 Å². The first-order valence-corrected chi connectivity index (χ1v) is 5.53. The molecule has 0 aliphatic heterocycles. The van der Waals surface area contributed by atoms with Crippen molar-refractivity contribution in [2.45, 2.75) is 19.9 Å². The maximum atomic E-state index is 11.8. The van der Waals surface area contributed by atoms with E-state index in [2.05, 4.69) is 10.3 Å². The number of hydrogen-bond donors (Lipinski definition) is 1. The van der Waals surface area contributed by atoms with E-state index in [4.69, 9.17) is 0 Å². The Balaban J connectivity index is 2.10. The first kappa shape index (κ1) is 11.4. The number of carbonyl (C=O) groups excluding carboxylic acids is 1. The van der Waals surface area contributed by atoms with Crippen molar-refractivity contribution in [2.24, 2.45) is 0 Å². The molecule has 0 bridgehead atoms. The van der Waals surface area contributed by atoms with Gasteiger partial charge in [0, 0.05) is 12.4 Å². The SMILES string of the molecule is Cc1ccccc1[C@@H](C)NC(=O)n1ccnc1. The standard InChI is InChI=1S/C13H15N3O/c1-10-5-3-4-6-12(10)11(2)15-13(17)16-8-7-14-9-16/h3-9,11H,1-2H3,(H,15,17)/t11-/m1/s1. The average Bonchev–Trinajstić information content (AvgIpc) is 2.82. The van der Waals surface area contributed by atoms with Gasteiger partial charge in [-0.15, -0.1) is 0 Å². The summed E-state index contributed by atoms with van der Waals surface area (Å²) in [6, 6.07) is 7.83. The summed E-state index contributed by atoms with van der Waals surface area (Å²) in [5.74, 6) is 0. The first-order chi connectivity index (χ1) is 8.18. The Bertz CT molecular complexity index is 505. The largest absolute Gasteiger partial charge is 0.331 e. The third-order valence-electron chi connectivity index (χ3n) is 2.73. The van der Waals surface area contributed by atoms with E-state index in [0.29, 0.717) is 0 Å². The summed E-state index contributed by atoms with van der Waals surface area (Å²) in [6.45, 7) is 4.01. The molecule has 1 heterocycles. The normalized spacial score (nSPS) is 12.1. The molecule has 1 aromatic heterocycles. The minimum atomic E-state index is -0.168. The fourth-order valence-electron chi connectivity index (χ4n) is 1.79. The number of nitrogens with zero attached hydrogens (tertiary/aromatic N) is 2. The van der Waals surface area contributed by atoms with E-state index in [1.807, 2.05) is 38.1 Å². The molecule has 0 saturated carbocycles. The molecule has 0 saturated heterocycles. The Kier molecular flexibility index (Phi) is 3.23. The van der Waals surface area contributed by atoms with E-state index < -0.39 is 0 Å². The third kappa shape index (κ3) is 2.53. The lowest BCUT2D eigenvalue weighted by molar-refractivity contribution is 0.239. The molecule has 0 spiro atoms. The van der Waals surface area contributed by atoms with Gasteiger partial charge in [0.15, 0.2) is 0 Å². The van der Waals surface area contributed by atoms with Gasteiger partial charge in [0.1, 0.15) is 6.33 Å². The van der Waals surface area contributed by atoms with Crippen LogP contribution in [0.15, 0.2) is 43.0 Å². The molecule has 0 unspecified atom stereocenters. The molecule has 0 aliphatic carbocycles. The lowest BCUT2D eigenvalue weighted by Crippen LogP contribution is -2.30. The summed E-state index contributed by atoms with van der Waals surface area (Å²) in [7, 11) is 0. The van der Waals surface area contributed by atoms with Gasteiger partial charge in [-0.1, -0.05) is 24.3 Å². The predicted molar refractivity (Wildman–Crippen MR) is 65.8 cm³/mol. The third-order valence-corrected chi connectivity index (χ3v) is 2.73. The zero-order chi connectivity index (χ0) is 12.3. The van der Waals surface area contributed by atoms with Gasteiger partial charge in [0.25, 0.3) is 0 Å². The van der Waals surface area contributed by atoms with Gasteiger partial charge in [-0.2, -0.15) is 0 Å². The number of nitrogens with one attached hydrogen (secondary N) is 1. The highest BCUT2D eigenvalue weighted by atomic mass is 16.2. The van der Waals surface area contributed by atoms with Crippen LogP contribution in [0.3, 0.4) is 0 Å². The van der Waals surface area contributed by atoms with Crippen molar-refractivity contribution in [1.82, 2.24) is 14.9 Å². The summed E-state index contributed by atoms with van der Waals surface area (Å²) in [6.07, 6.45) is 4.69. The van der Waals surface area contributed by atoms with Crippen LogP contribution in [-0.4, -0.2) is 15.6 Å². The molecule has 1 amide bonds. The van der Waals surface area contributed by atoms with E-state index in [1.54, 1.807) is 12.4 Å². The van der Waals surface area contributed by atoms with E-state index in [-0.39, 0.29) is 12.1 Å². The van der Waals surface area contributed by atoms with Gasteiger partial charge >= 0.3 is 6.03 Å². The minimum absolute atomic E-state index is 0.0221. The molecule has 1 aromatic carbocycles. The van der Waals surface area contributed by atoms with Crippen molar-refractivity contribution in [3.8, 4) is 0 Å². The fraction of sp³-hybridized carbons (Fsp3) is 0.231. The Morgan fingerprint density at radius 2 is 2.18 bits per heavy atom. The molecule has 4 nitrogen and oxygen atoms in total. The highest BCUT2D eigenvalue weighted by Crippen LogP contribution is 2.16. The van der Waals surface area contributed by atoms with Crippen LogP contribution in [0, 0.1) is 6.92 Å². The second-order valence-electron chi connectivity index (χ2n) is 4.00. The number of aromatic nitrogens is 2. The van der Waals surface area contributed by atoms with Crippen molar-refractivity contribution in [3.63, 3.8) is 0 Å². The minimum Gasteiger partial charge on any atom is -0.331 e. The highest BCUT2D eigenvalue weighted by Gasteiger charge is 2.11. The predicted octanol–water partition coefficient (Wildman–Crippen LogP) is 2.51. The smallest absolute Gasteiger partial charge is 0.327 e. The highest BCUT2D eigenvalue weighted by molar-refractivity contribution is 5.76. The Morgan fingerprint density at radius 1 is 1.41 bits per heavy atom. The van der Waals surface area contributed by atoms with Crippen LogP contribution < -0.4 is 5.32 Å². The number of imidazole rings is 1. The van der Waals surface area contributed by atoms with Crippen LogP contribution >= 0.6 is 0 Å². The van der Waals surface area contributed by atoms with Crippen molar-refractivity contribution in [3.05, 3.63) is 54.1 Å². The summed E-state index contributed by atoms with van der Waals surface area (Å²) in [5, 5.41) is 2.92. The molecule has 17 heavy (non-hydrogen) atoms. The molecule has 88 valence electrons. The molecule has 0 fully saturated rings. The van der Waals surface area contributed by atoms with Gasteiger partial charge in [0.2, 0.25) is 0 Å². The van der Waals surface area contributed by atoms with Crippen molar-refractivity contribution >= 4 is 6.03 Å². The number of aryl methyl sites for hydroxylation is 1. The maximum Gasteiger partial charge on any atom is 0.327 e. The van der Waals surface area contributed by atoms with Crippen molar-refractivity contribution < 1.29 is 4.79 Å². The van der Waals surface area contributed by atoms with Crippen molar-refractivity contribution in [1.29, 1.82) is 0 Å². The molecule has 1 atom stereocenters. The molecule has 2 aromatic rings. The maximum absolute atomic E-state index is 11.8. The molecule has 4 heteroatoms. The number of hydrogen-bond acceptors (Lipinski definition) is 2. The average molecular weight is 229 g/mol. The number of carbonyl (C=O) groups is 1. The van der Waals surface area contributed by atoms with Gasteiger partial charge in [-0.05, 0) is 25.0 Å². The Labute approximate surface area is 100 Å². The summed E-state index contributed by atoms with van der Waals surface area (Å²) < 4.78 is 1.43. The van der Waals surface area contributed by atoms with Crippen LogP contribution in [0.1, 0.15) is 24.1 Å². The zero-order valence-electron chi connectivity index (χ0n) is 9.92. The molecular formula is C13H15N3O. The topological polar surface area (TPSA) is 46.9 Å².